The van der Waals surface area contributed by atoms with E-state index in [4.69, 9.17) is 0 Å². The molecule has 10 aromatic rings. The third kappa shape index (κ3) is 4.99. The minimum absolute atomic E-state index is 0.107. The van der Waals surface area contributed by atoms with E-state index in [-0.39, 0.29) is 5.41 Å². The van der Waals surface area contributed by atoms with Crippen LogP contribution in [0.1, 0.15) is 25.0 Å². The zero-order valence-electron chi connectivity index (χ0n) is 30.8. The Bertz CT molecular complexity index is 3120. The highest BCUT2D eigenvalue weighted by atomic mass is 32.1. The molecule has 9 aromatic carbocycles. The van der Waals surface area contributed by atoms with Gasteiger partial charge < -0.3 is 4.90 Å². The summed E-state index contributed by atoms with van der Waals surface area (Å²) in [5.74, 6) is 0. The summed E-state index contributed by atoms with van der Waals surface area (Å²) in [5, 5.41) is 7.72. The molecule has 55 heavy (non-hydrogen) atoms. The number of benzene rings is 9. The Labute approximate surface area is 325 Å². The molecule has 11 rings (SSSR count). The van der Waals surface area contributed by atoms with E-state index in [1.807, 2.05) is 11.3 Å². The van der Waals surface area contributed by atoms with Gasteiger partial charge in [0.25, 0.3) is 0 Å². The van der Waals surface area contributed by atoms with E-state index >= 15 is 0 Å². The van der Waals surface area contributed by atoms with Gasteiger partial charge in [0.05, 0.1) is 11.4 Å². The maximum absolute atomic E-state index is 2.50. The van der Waals surface area contributed by atoms with Crippen LogP contribution >= 0.6 is 11.3 Å². The average Bonchev–Trinajstić information content (AvgIpc) is 3.71. The first-order valence-electron chi connectivity index (χ1n) is 19.1. The standard InChI is InChI=1S/C53H37NS/c1-53(2)46-20-8-5-18-44(46)52-47(53)21-12-23-49(52)54(48-22-9-6-16-42(48)41-19-11-14-35-13-3-4-15-40(35)41)39-29-27-34(28-30-39)36-25-26-37-32-45-43-17-7-10-24-50(43)55-51(45)33-38(37)31-36/h3-33H,1-2H3. The van der Waals surface area contributed by atoms with E-state index in [2.05, 4.69) is 207 Å². The lowest BCUT2D eigenvalue weighted by Gasteiger charge is -2.31. The van der Waals surface area contributed by atoms with Crippen LogP contribution in [0.5, 0.6) is 0 Å². The van der Waals surface area contributed by atoms with Crippen molar-refractivity contribution in [1.82, 2.24) is 0 Å². The van der Waals surface area contributed by atoms with Crippen molar-refractivity contribution >= 4 is 70.1 Å². The lowest BCUT2D eigenvalue weighted by atomic mass is 9.82. The van der Waals surface area contributed by atoms with E-state index in [1.54, 1.807) is 0 Å². The van der Waals surface area contributed by atoms with Gasteiger partial charge in [-0.2, -0.15) is 0 Å². The quantitative estimate of drug-likeness (QED) is 0.171. The van der Waals surface area contributed by atoms with Crippen molar-refractivity contribution in [3.05, 3.63) is 199 Å². The van der Waals surface area contributed by atoms with Crippen LogP contribution in [-0.2, 0) is 5.41 Å². The number of anilines is 3. The third-order valence-corrected chi connectivity index (χ3v) is 13.0. The molecule has 0 radical (unpaired) electrons. The molecule has 1 aliphatic carbocycles. The fraction of sp³-hybridized carbons (Fsp3) is 0.0566. The van der Waals surface area contributed by atoms with Crippen LogP contribution < -0.4 is 4.90 Å². The van der Waals surface area contributed by atoms with Gasteiger partial charge in [-0.3, -0.25) is 0 Å². The Morgan fingerprint density at radius 3 is 1.95 bits per heavy atom. The maximum atomic E-state index is 2.50. The number of nitrogens with zero attached hydrogens (tertiary/aromatic N) is 1. The fourth-order valence-corrected chi connectivity index (χ4v) is 10.3. The number of thiophene rings is 1. The van der Waals surface area contributed by atoms with Gasteiger partial charge in [0.1, 0.15) is 0 Å². The predicted octanol–water partition coefficient (Wildman–Crippen LogP) is 15.5. The van der Waals surface area contributed by atoms with Crippen LogP contribution in [0.3, 0.4) is 0 Å². The topological polar surface area (TPSA) is 3.24 Å². The highest BCUT2D eigenvalue weighted by molar-refractivity contribution is 7.25. The smallest absolute Gasteiger partial charge is 0.0543 e. The van der Waals surface area contributed by atoms with Gasteiger partial charge in [0.15, 0.2) is 0 Å². The van der Waals surface area contributed by atoms with Gasteiger partial charge in [-0.1, -0.05) is 153 Å². The minimum atomic E-state index is -0.107. The second-order valence-electron chi connectivity index (χ2n) is 15.3. The number of para-hydroxylation sites is 1. The Morgan fingerprint density at radius 2 is 1.05 bits per heavy atom. The molecule has 1 heterocycles. The van der Waals surface area contributed by atoms with Crippen molar-refractivity contribution in [1.29, 1.82) is 0 Å². The number of hydrogen-bond donors (Lipinski definition) is 0. The number of rotatable bonds is 5. The second kappa shape index (κ2) is 12.3. The highest BCUT2D eigenvalue weighted by Gasteiger charge is 2.38. The van der Waals surface area contributed by atoms with E-state index in [9.17, 15) is 0 Å². The molecule has 260 valence electrons. The number of fused-ring (bicyclic) bond motifs is 8. The van der Waals surface area contributed by atoms with Gasteiger partial charge in [-0.15, -0.1) is 11.3 Å². The second-order valence-corrected chi connectivity index (χ2v) is 16.4. The van der Waals surface area contributed by atoms with Crippen LogP contribution in [0.2, 0.25) is 0 Å². The zero-order valence-corrected chi connectivity index (χ0v) is 31.6. The summed E-state index contributed by atoms with van der Waals surface area (Å²) in [6, 6.07) is 69.7. The van der Waals surface area contributed by atoms with Crippen molar-refractivity contribution in [3.8, 4) is 33.4 Å². The van der Waals surface area contributed by atoms with Crippen LogP contribution in [0.25, 0.3) is 75.1 Å². The van der Waals surface area contributed by atoms with Crippen molar-refractivity contribution < 1.29 is 0 Å². The van der Waals surface area contributed by atoms with Crippen molar-refractivity contribution in [3.63, 3.8) is 0 Å². The number of hydrogen-bond acceptors (Lipinski definition) is 2. The van der Waals surface area contributed by atoms with Crippen LogP contribution in [0.15, 0.2) is 188 Å². The van der Waals surface area contributed by atoms with Crippen molar-refractivity contribution in [2.75, 3.05) is 4.90 Å². The van der Waals surface area contributed by atoms with E-state index in [1.165, 1.54) is 91.9 Å². The van der Waals surface area contributed by atoms with E-state index in [0.717, 1.165) is 11.4 Å². The summed E-state index contributed by atoms with van der Waals surface area (Å²) in [6.45, 7) is 4.72. The van der Waals surface area contributed by atoms with Crippen molar-refractivity contribution in [2.24, 2.45) is 0 Å². The zero-order chi connectivity index (χ0) is 36.7. The molecular weight excluding hydrogens is 683 g/mol. The Kier molecular flexibility index (Phi) is 7.14. The van der Waals surface area contributed by atoms with E-state index in [0.29, 0.717) is 0 Å². The van der Waals surface area contributed by atoms with Gasteiger partial charge >= 0.3 is 0 Å². The normalized spacial score (nSPS) is 13.1. The molecule has 0 unspecified atom stereocenters. The molecular formula is C53H37NS. The molecule has 0 N–H and O–H groups in total. The molecule has 0 atom stereocenters. The molecule has 0 saturated carbocycles. The molecule has 0 amide bonds. The maximum Gasteiger partial charge on any atom is 0.0543 e. The lowest BCUT2D eigenvalue weighted by molar-refractivity contribution is 0.660. The van der Waals surface area contributed by atoms with Gasteiger partial charge in [-0.25, -0.2) is 0 Å². The molecule has 1 aliphatic rings. The van der Waals surface area contributed by atoms with Crippen LogP contribution in [-0.4, -0.2) is 0 Å². The molecule has 0 aliphatic heterocycles. The summed E-state index contributed by atoms with van der Waals surface area (Å²) >= 11 is 1.88. The summed E-state index contributed by atoms with van der Waals surface area (Å²) < 4.78 is 2.67. The van der Waals surface area contributed by atoms with Crippen LogP contribution in [0.4, 0.5) is 17.1 Å². The molecule has 0 bridgehead atoms. The average molecular weight is 720 g/mol. The Balaban J connectivity index is 1.09. The monoisotopic (exact) mass is 719 g/mol. The van der Waals surface area contributed by atoms with Crippen molar-refractivity contribution in [2.45, 2.75) is 19.3 Å². The largest absolute Gasteiger partial charge is 0.309 e. The summed E-state index contributed by atoms with van der Waals surface area (Å²) in [7, 11) is 0. The van der Waals surface area contributed by atoms with E-state index < -0.39 is 0 Å². The van der Waals surface area contributed by atoms with Gasteiger partial charge in [0.2, 0.25) is 0 Å². The molecule has 0 fully saturated rings. The predicted molar refractivity (Wildman–Crippen MR) is 237 cm³/mol. The summed E-state index contributed by atoms with van der Waals surface area (Å²) in [6.07, 6.45) is 0. The molecule has 1 nitrogen and oxygen atoms in total. The summed E-state index contributed by atoms with van der Waals surface area (Å²) in [4.78, 5) is 2.50. The fourth-order valence-electron chi connectivity index (χ4n) is 9.14. The van der Waals surface area contributed by atoms with Gasteiger partial charge in [0, 0.05) is 42.4 Å². The highest BCUT2D eigenvalue weighted by Crippen LogP contribution is 2.55. The molecule has 1 aromatic heterocycles. The minimum Gasteiger partial charge on any atom is -0.309 e. The Hall–Kier alpha value is -6.48. The first-order chi connectivity index (χ1) is 27.0. The molecule has 2 heteroatoms. The molecule has 0 spiro atoms. The third-order valence-electron chi connectivity index (χ3n) is 11.8. The first-order valence-corrected chi connectivity index (χ1v) is 19.9. The summed E-state index contributed by atoms with van der Waals surface area (Å²) in [5.41, 5.74) is 13.6. The van der Waals surface area contributed by atoms with Crippen LogP contribution in [0, 0.1) is 0 Å². The lowest BCUT2D eigenvalue weighted by Crippen LogP contribution is -2.16. The first kappa shape index (κ1) is 32.0. The molecule has 0 saturated heterocycles. The Morgan fingerprint density at radius 1 is 0.400 bits per heavy atom. The SMILES string of the molecule is CC1(C)c2ccccc2-c2c(N(c3ccc(-c4ccc5cc6c(cc5c4)sc4ccccc46)cc3)c3ccccc3-c3cccc4ccccc34)cccc21. The van der Waals surface area contributed by atoms with Gasteiger partial charge in [-0.05, 0) is 103 Å².